The molecule has 0 radical (unpaired) electrons. The largest absolute Gasteiger partial charge is 0.441 e. The summed E-state index contributed by atoms with van der Waals surface area (Å²) in [4.78, 5) is 4.30. The number of oxazole rings is 1. The fourth-order valence-electron chi connectivity index (χ4n) is 2.07. The summed E-state index contributed by atoms with van der Waals surface area (Å²) >= 11 is 12.1. The highest BCUT2D eigenvalue weighted by Crippen LogP contribution is 2.31. The van der Waals surface area contributed by atoms with Gasteiger partial charge in [0.15, 0.2) is 11.7 Å². The first-order chi connectivity index (χ1) is 9.72. The van der Waals surface area contributed by atoms with Gasteiger partial charge in [-0.25, -0.2) is 4.98 Å². The van der Waals surface area contributed by atoms with Crippen molar-refractivity contribution in [3.63, 3.8) is 0 Å². The Labute approximate surface area is 128 Å². The lowest BCUT2D eigenvalue weighted by Gasteiger charge is -2.01. The Morgan fingerprint density at radius 2 is 2.15 bits per heavy atom. The molecule has 2 aromatic rings. The molecule has 1 N–H and O–H groups in total. The molecular weight excluding hydrogens is 295 g/mol. The number of aromatic nitrogens is 1. The summed E-state index contributed by atoms with van der Waals surface area (Å²) in [6.07, 6.45) is 6.20. The van der Waals surface area contributed by atoms with Gasteiger partial charge >= 0.3 is 0 Å². The number of hydrogen-bond donors (Lipinski definition) is 1. The van der Waals surface area contributed by atoms with E-state index in [2.05, 4.69) is 10.3 Å². The van der Waals surface area contributed by atoms with Crippen molar-refractivity contribution in [2.45, 2.75) is 31.7 Å². The molecule has 1 aromatic heterocycles. The molecule has 0 unspecified atom stereocenters. The Kier molecular flexibility index (Phi) is 4.29. The maximum absolute atomic E-state index is 6.15. The molecule has 20 heavy (non-hydrogen) atoms. The lowest BCUT2D eigenvalue weighted by atomic mass is 10.2. The van der Waals surface area contributed by atoms with Crippen molar-refractivity contribution in [3.05, 3.63) is 40.3 Å². The van der Waals surface area contributed by atoms with Crippen LogP contribution in [0.25, 0.3) is 11.3 Å². The lowest BCUT2D eigenvalue weighted by Crippen LogP contribution is -2.17. The molecule has 1 heterocycles. The highest BCUT2D eigenvalue weighted by Gasteiger charge is 2.19. The first-order valence-electron chi connectivity index (χ1n) is 6.86. The second-order valence-electron chi connectivity index (χ2n) is 5.07. The summed E-state index contributed by atoms with van der Waals surface area (Å²) in [6, 6.07) is 6.07. The van der Waals surface area contributed by atoms with Crippen LogP contribution in [0.5, 0.6) is 0 Å². The number of nitrogens with one attached hydrogen (secondary N) is 1. The summed E-state index contributed by atoms with van der Waals surface area (Å²) in [5, 5.41) is 4.73. The Hall–Kier alpha value is -1.03. The van der Waals surface area contributed by atoms with Gasteiger partial charge in [0.1, 0.15) is 0 Å². The predicted molar refractivity (Wildman–Crippen MR) is 81.3 cm³/mol. The van der Waals surface area contributed by atoms with Crippen molar-refractivity contribution in [1.82, 2.24) is 10.3 Å². The summed E-state index contributed by atoms with van der Waals surface area (Å²) in [6.45, 7) is 1.01. The maximum Gasteiger partial charge on any atom is 0.194 e. The van der Waals surface area contributed by atoms with Crippen LogP contribution in [0.3, 0.4) is 0 Å². The SMILES string of the molecule is Clc1ccc(Cl)c(-c2cnc(CCCNC3CC3)o2)c1. The van der Waals surface area contributed by atoms with Gasteiger partial charge in [0.05, 0.1) is 11.2 Å². The zero-order chi connectivity index (χ0) is 13.9. The number of hydrogen-bond acceptors (Lipinski definition) is 3. The summed E-state index contributed by atoms with van der Waals surface area (Å²) in [5.74, 6) is 1.41. The summed E-state index contributed by atoms with van der Waals surface area (Å²) < 4.78 is 5.75. The Balaban J connectivity index is 1.61. The van der Waals surface area contributed by atoms with E-state index in [4.69, 9.17) is 27.6 Å². The molecule has 0 aliphatic heterocycles. The van der Waals surface area contributed by atoms with Gasteiger partial charge in [0, 0.05) is 23.0 Å². The van der Waals surface area contributed by atoms with Crippen LogP contribution in [0, 0.1) is 0 Å². The van der Waals surface area contributed by atoms with Gasteiger partial charge in [0.2, 0.25) is 0 Å². The van der Waals surface area contributed by atoms with E-state index < -0.39 is 0 Å². The standard InChI is InChI=1S/C15H16Cl2N2O/c16-10-3-6-13(17)12(8-10)14-9-19-15(20-14)2-1-7-18-11-4-5-11/h3,6,8-9,11,18H,1-2,4-5,7H2. The average molecular weight is 311 g/mol. The Morgan fingerprint density at radius 3 is 2.95 bits per heavy atom. The van der Waals surface area contributed by atoms with Crippen molar-refractivity contribution in [2.75, 3.05) is 6.54 Å². The minimum absolute atomic E-state index is 0.618. The molecule has 5 heteroatoms. The molecule has 0 bridgehead atoms. The van der Waals surface area contributed by atoms with E-state index in [1.165, 1.54) is 12.8 Å². The molecule has 1 fully saturated rings. The van der Waals surface area contributed by atoms with Crippen molar-refractivity contribution in [2.24, 2.45) is 0 Å². The van der Waals surface area contributed by atoms with Crippen molar-refractivity contribution in [3.8, 4) is 11.3 Å². The van der Waals surface area contributed by atoms with E-state index in [0.717, 1.165) is 36.9 Å². The van der Waals surface area contributed by atoms with Crippen LogP contribution in [0.15, 0.2) is 28.8 Å². The second kappa shape index (κ2) is 6.17. The smallest absolute Gasteiger partial charge is 0.194 e. The molecule has 3 nitrogen and oxygen atoms in total. The Morgan fingerprint density at radius 1 is 1.30 bits per heavy atom. The van der Waals surface area contributed by atoms with E-state index in [9.17, 15) is 0 Å². The number of aryl methyl sites for hydroxylation is 1. The third-order valence-electron chi connectivity index (χ3n) is 3.33. The van der Waals surface area contributed by atoms with Gasteiger partial charge in [-0.05, 0) is 44.0 Å². The van der Waals surface area contributed by atoms with Gasteiger partial charge in [-0.3, -0.25) is 0 Å². The van der Waals surface area contributed by atoms with E-state index in [-0.39, 0.29) is 0 Å². The van der Waals surface area contributed by atoms with Crippen LogP contribution >= 0.6 is 23.2 Å². The number of benzene rings is 1. The molecule has 3 rings (SSSR count). The summed E-state index contributed by atoms with van der Waals surface area (Å²) in [7, 11) is 0. The topological polar surface area (TPSA) is 38.1 Å². The lowest BCUT2D eigenvalue weighted by molar-refractivity contribution is 0.491. The fourth-order valence-corrected chi connectivity index (χ4v) is 2.45. The molecule has 0 saturated heterocycles. The minimum atomic E-state index is 0.618. The quantitative estimate of drug-likeness (QED) is 0.807. The van der Waals surface area contributed by atoms with Crippen LogP contribution in [-0.2, 0) is 6.42 Å². The number of halogens is 2. The van der Waals surface area contributed by atoms with Gasteiger partial charge in [-0.15, -0.1) is 0 Å². The molecule has 0 atom stereocenters. The van der Waals surface area contributed by atoms with E-state index in [0.29, 0.717) is 15.8 Å². The fraction of sp³-hybridized carbons (Fsp3) is 0.400. The van der Waals surface area contributed by atoms with E-state index in [1.807, 2.05) is 0 Å². The molecule has 1 aromatic carbocycles. The van der Waals surface area contributed by atoms with Crippen molar-refractivity contribution in [1.29, 1.82) is 0 Å². The molecule has 106 valence electrons. The van der Waals surface area contributed by atoms with E-state index in [1.54, 1.807) is 24.4 Å². The van der Waals surface area contributed by atoms with Crippen LogP contribution in [0.1, 0.15) is 25.2 Å². The van der Waals surface area contributed by atoms with Gasteiger partial charge in [-0.2, -0.15) is 0 Å². The molecular formula is C15H16Cl2N2O. The van der Waals surface area contributed by atoms with E-state index >= 15 is 0 Å². The first-order valence-corrected chi connectivity index (χ1v) is 7.61. The molecule has 1 saturated carbocycles. The highest BCUT2D eigenvalue weighted by molar-refractivity contribution is 6.35. The van der Waals surface area contributed by atoms with Gasteiger partial charge in [0.25, 0.3) is 0 Å². The van der Waals surface area contributed by atoms with Gasteiger partial charge in [-0.1, -0.05) is 23.2 Å². The Bertz CT molecular complexity index is 593. The molecule has 1 aliphatic rings. The zero-order valence-corrected chi connectivity index (χ0v) is 12.5. The van der Waals surface area contributed by atoms with Gasteiger partial charge < -0.3 is 9.73 Å². The highest BCUT2D eigenvalue weighted by atomic mass is 35.5. The van der Waals surface area contributed by atoms with Crippen LogP contribution < -0.4 is 5.32 Å². The number of rotatable bonds is 6. The normalized spacial score (nSPS) is 14.7. The predicted octanol–water partition coefficient (Wildman–Crippen LogP) is 4.33. The van der Waals surface area contributed by atoms with Crippen LogP contribution in [-0.4, -0.2) is 17.6 Å². The third kappa shape index (κ3) is 3.54. The van der Waals surface area contributed by atoms with Crippen LogP contribution in [0.4, 0.5) is 0 Å². The van der Waals surface area contributed by atoms with Crippen molar-refractivity contribution < 1.29 is 4.42 Å². The zero-order valence-electron chi connectivity index (χ0n) is 11.0. The molecule has 0 spiro atoms. The average Bonchev–Trinajstić information content (AvgIpc) is 3.15. The third-order valence-corrected chi connectivity index (χ3v) is 3.89. The monoisotopic (exact) mass is 310 g/mol. The summed E-state index contributed by atoms with van der Waals surface area (Å²) in [5.41, 5.74) is 0.786. The molecule has 1 aliphatic carbocycles. The minimum Gasteiger partial charge on any atom is -0.441 e. The maximum atomic E-state index is 6.15. The second-order valence-corrected chi connectivity index (χ2v) is 5.92. The van der Waals surface area contributed by atoms with Crippen molar-refractivity contribution >= 4 is 23.2 Å². The molecule has 0 amide bonds. The van der Waals surface area contributed by atoms with Crippen LogP contribution in [0.2, 0.25) is 10.0 Å². The number of nitrogens with zero attached hydrogens (tertiary/aromatic N) is 1. The first kappa shape index (κ1) is 13.9.